The quantitative estimate of drug-likeness (QED) is 0.843. The fourth-order valence-electron chi connectivity index (χ4n) is 1.74. The fourth-order valence-corrected chi connectivity index (χ4v) is 1.74. The SMILES string of the molecule is CC(C)(C)OC(=O)NC(C(=O)C1CC1)C(C)(C)C. The first kappa shape index (κ1) is 15.0. The van der Waals surface area contributed by atoms with Gasteiger partial charge in [-0.25, -0.2) is 4.79 Å². The molecule has 0 radical (unpaired) electrons. The fraction of sp³-hybridized carbons (Fsp3) is 0.857. The number of amides is 1. The van der Waals surface area contributed by atoms with Gasteiger partial charge in [0.2, 0.25) is 0 Å². The van der Waals surface area contributed by atoms with Crippen LogP contribution in [0.5, 0.6) is 0 Å². The Bertz CT molecular complexity index is 332. The maximum Gasteiger partial charge on any atom is 0.408 e. The minimum Gasteiger partial charge on any atom is -0.444 e. The molecule has 0 heterocycles. The molecule has 0 spiro atoms. The van der Waals surface area contributed by atoms with Crippen LogP contribution in [0.4, 0.5) is 4.79 Å². The Hall–Kier alpha value is -1.06. The maximum atomic E-state index is 12.2. The second kappa shape index (κ2) is 4.90. The molecular weight excluding hydrogens is 230 g/mol. The van der Waals surface area contributed by atoms with Gasteiger partial charge in [-0.2, -0.15) is 0 Å². The summed E-state index contributed by atoms with van der Waals surface area (Å²) in [5.74, 6) is 0.262. The summed E-state index contributed by atoms with van der Waals surface area (Å²) in [6, 6.07) is -0.472. The van der Waals surface area contributed by atoms with Crippen LogP contribution in [-0.2, 0) is 9.53 Å². The maximum absolute atomic E-state index is 12.2. The van der Waals surface area contributed by atoms with Crippen molar-refractivity contribution >= 4 is 11.9 Å². The van der Waals surface area contributed by atoms with E-state index in [1.807, 2.05) is 20.8 Å². The molecule has 18 heavy (non-hydrogen) atoms. The summed E-state index contributed by atoms with van der Waals surface area (Å²) in [6.07, 6.45) is 1.37. The van der Waals surface area contributed by atoms with Gasteiger partial charge < -0.3 is 10.1 Å². The number of hydrogen-bond acceptors (Lipinski definition) is 3. The zero-order valence-electron chi connectivity index (χ0n) is 12.3. The first-order valence-electron chi connectivity index (χ1n) is 6.54. The van der Waals surface area contributed by atoms with E-state index in [4.69, 9.17) is 4.74 Å². The van der Waals surface area contributed by atoms with E-state index in [0.29, 0.717) is 0 Å². The van der Waals surface area contributed by atoms with Crippen molar-refractivity contribution in [1.29, 1.82) is 0 Å². The van der Waals surface area contributed by atoms with Gasteiger partial charge in [0.25, 0.3) is 0 Å². The summed E-state index contributed by atoms with van der Waals surface area (Å²) in [4.78, 5) is 24.0. The summed E-state index contributed by atoms with van der Waals surface area (Å²) < 4.78 is 5.21. The number of hydrogen-bond donors (Lipinski definition) is 1. The molecule has 0 saturated heterocycles. The number of alkyl carbamates (subject to hydrolysis) is 1. The van der Waals surface area contributed by atoms with Crippen molar-refractivity contribution in [3.63, 3.8) is 0 Å². The predicted molar refractivity (Wildman–Crippen MR) is 70.3 cm³/mol. The van der Waals surface area contributed by atoms with Crippen LogP contribution >= 0.6 is 0 Å². The number of ketones is 1. The minimum absolute atomic E-state index is 0.129. The van der Waals surface area contributed by atoms with Crippen molar-refractivity contribution < 1.29 is 14.3 Å². The van der Waals surface area contributed by atoms with Crippen LogP contribution in [0.1, 0.15) is 54.4 Å². The average molecular weight is 255 g/mol. The van der Waals surface area contributed by atoms with E-state index in [9.17, 15) is 9.59 Å². The van der Waals surface area contributed by atoms with Crippen LogP contribution in [0.15, 0.2) is 0 Å². The van der Waals surface area contributed by atoms with Gasteiger partial charge in [-0.05, 0) is 39.0 Å². The third-order valence-corrected chi connectivity index (χ3v) is 2.79. The molecule has 0 aromatic rings. The van der Waals surface area contributed by atoms with Gasteiger partial charge in [0.05, 0.1) is 6.04 Å². The number of carbonyl (C=O) groups excluding carboxylic acids is 2. The Kier molecular flexibility index (Phi) is 4.08. The van der Waals surface area contributed by atoms with Crippen LogP contribution in [0, 0.1) is 11.3 Å². The average Bonchev–Trinajstić information content (AvgIpc) is 2.90. The van der Waals surface area contributed by atoms with Gasteiger partial charge >= 0.3 is 6.09 Å². The number of nitrogens with one attached hydrogen (secondary N) is 1. The zero-order chi connectivity index (χ0) is 14.1. The lowest BCUT2D eigenvalue weighted by atomic mass is 9.83. The molecule has 1 unspecified atom stereocenters. The second-order valence-corrected chi connectivity index (χ2v) is 7.12. The highest BCUT2D eigenvalue weighted by Gasteiger charge is 2.41. The van der Waals surface area contributed by atoms with Gasteiger partial charge in [0, 0.05) is 5.92 Å². The van der Waals surface area contributed by atoms with Gasteiger partial charge in [-0.15, -0.1) is 0 Å². The first-order chi connectivity index (χ1) is 8.00. The van der Waals surface area contributed by atoms with Gasteiger partial charge in [-0.3, -0.25) is 4.79 Å². The van der Waals surface area contributed by atoms with Crippen molar-refractivity contribution in [2.45, 2.75) is 66.0 Å². The molecule has 0 aromatic carbocycles. The van der Waals surface area contributed by atoms with E-state index in [1.54, 1.807) is 20.8 Å². The molecule has 4 heteroatoms. The van der Waals surface area contributed by atoms with Crippen molar-refractivity contribution in [1.82, 2.24) is 5.32 Å². The lowest BCUT2D eigenvalue weighted by molar-refractivity contribution is -0.124. The molecule has 1 atom stereocenters. The highest BCUT2D eigenvalue weighted by atomic mass is 16.6. The van der Waals surface area contributed by atoms with Gasteiger partial charge in [0.15, 0.2) is 5.78 Å². The number of rotatable bonds is 3. The third kappa shape index (κ3) is 4.67. The number of Topliss-reactive ketones (excluding diaryl/α,β-unsaturated/α-hetero) is 1. The highest BCUT2D eigenvalue weighted by Crippen LogP contribution is 2.34. The van der Waals surface area contributed by atoms with Crippen LogP contribution in [0.25, 0.3) is 0 Å². The molecule has 0 bridgehead atoms. The summed E-state index contributed by atoms with van der Waals surface area (Å²) in [6.45, 7) is 11.3. The summed E-state index contributed by atoms with van der Waals surface area (Å²) in [5, 5.41) is 2.72. The van der Waals surface area contributed by atoms with Crippen LogP contribution < -0.4 is 5.32 Å². The largest absolute Gasteiger partial charge is 0.444 e. The van der Waals surface area contributed by atoms with Crippen LogP contribution in [0.2, 0.25) is 0 Å². The Morgan fingerprint density at radius 1 is 1.11 bits per heavy atom. The molecule has 1 N–H and O–H groups in total. The van der Waals surface area contributed by atoms with Crippen LogP contribution in [-0.4, -0.2) is 23.5 Å². The van der Waals surface area contributed by atoms with Gasteiger partial charge in [0.1, 0.15) is 5.60 Å². The molecule has 1 aliphatic carbocycles. The first-order valence-corrected chi connectivity index (χ1v) is 6.54. The molecule has 0 aromatic heterocycles. The Balaban J connectivity index is 2.67. The van der Waals surface area contributed by atoms with E-state index in [0.717, 1.165) is 12.8 Å². The Labute approximate surface area is 109 Å². The predicted octanol–water partition coefficient (Wildman–Crippen LogP) is 2.90. The molecule has 1 amide bonds. The second-order valence-electron chi connectivity index (χ2n) is 7.12. The summed E-state index contributed by atoms with van der Waals surface area (Å²) in [5.41, 5.74) is -0.842. The molecule has 104 valence electrons. The lowest BCUT2D eigenvalue weighted by Crippen LogP contribution is -2.51. The van der Waals surface area contributed by atoms with E-state index in [2.05, 4.69) is 5.32 Å². The topological polar surface area (TPSA) is 55.4 Å². The lowest BCUT2D eigenvalue weighted by Gasteiger charge is -2.31. The van der Waals surface area contributed by atoms with Crippen molar-refractivity contribution in [3.8, 4) is 0 Å². The van der Waals surface area contributed by atoms with E-state index in [-0.39, 0.29) is 17.1 Å². The number of ether oxygens (including phenoxy) is 1. The molecule has 1 aliphatic rings. The molecule has 0 aliphatic heterocycles. The van der Waals surface area contributed by atoms with E-state index in [1.165, 1.54) is 0 Å². The highest BCUT2D eigenvalue weighted by molar-refractivity contribution is 5.91. The van der Waals surface area contributed by atoms with Crippen LogP contribution in [0.3, 0.4) is 0 Å². The van der Waals surface area contributed by atoms with Crippen molar-refractivity contribution in [2.75, 3.05) is 0 Å². The minimum atomic E-state index is -0.546. The Morgan fingerprint density at radius 2 is 1.61 bits per heavy atom. The third-order valence-electron chi connectivity index (χ3n) is 2.79. The van der Waals surface area contributed by atoms with Crippen molar-refractivity contribution in [2.24, 2.45) is 11.3 Å². The molecule has 1 saturated carbocycles. The summed E-state index contributed by atoms with van der Waals surface area (Å²) >= 11 is 0. The molecule has 1 rings (SSSR count). The molecule has 4 nitrogen and oxygen atoms in total. The van der Waals surface area contributed by atoms with E-state index >= 15 is 0 Å². The Morgan fingerprint density at radius 3 is 1.94 bits per heavy atom. The molecule has 1 fully saturated rings. The molecular formula is C14H25NO3. The normalized spacial score (nSPS) is 18.1. The smallest absolute Gasteiger partial charge is 0.408 e. The van der Waals surface area contributed by atoms with Crippen molar-refractivity contribution in [3.05, 3.63) is 0 Å². The van der Waals surface area contributed by atoms with Gasteiger partial charge in [-0.1, -0.05) is 20.8 Å². The standard InChI is InChI=1S/C14H25NO3/c1-13(2,3)11(10(16)9-7-8-9)15-12(17)18-14(4,5)6/h9,11H,7-8H2,1-6H3,(H,15,17). The monoisotopic (exact) mass is 255 g/mol. The zero-order valence-corrected chi connectivity index (χ0v) is 12.3. The summed E-state index contributed by atoms with van der Waals surface area (Å²) in [7, 11) is 0. The van der Waals surface area contributed by atoms with E-state index < -0.39 is 17.7 Å². The number of carbonyl (C=O) groups is 2.